The number of amides is 1. The maximum Gasteiger partial charge on any atom is 0.261 e. The molecular weight excluding hydrogens is 463 g/mol. The lowest BCUT2D eigenvalue weighted by Gasteiger charge is -2.11. The number of nitrogens with zero attached hydrogens (tertiary/aromatic N) is 2. The van der Waals surface area contributed by atoms with Crippen LogP contribution in [-0.2, 0) is 16.4 Å². The maximum absolute atomic E-state index is 13.1. The minimum Gasteiger partial charge on any atom is -0.296 e. The SMILES string of the molecule is CCCCCc1nnc(NC(=O)c2ccc(Cl)c(NS(=O)(=O)c3ccc(F)cc3)c2)s1. The third-order valence-electron chi connectivity index (χ3n) is 4.28. The minimum atomic E-state index is -4.01. The fourth-order valence-electron chi connectivity index (χ4n) is 2.66. The summed E-state index contributed by atoms with van der Waals surface area (Å²) < 4.78 is 40.5. The summed E-state index contributed by atoms with van der Waals surface area (Å²) in [5, 5.41) is 12.0. The van der Waals surface area contributed by atoms with Gasteiger partial charge in [-0.1, -0.05) is 42.7 Å². The largest absolute Gasteiger partial charge is 0.296 e. The lowest BCUT2D eigenvalue weighted by atomic mass is 10.2. The molecule has 3 aromatic rings. The van der Waals surface area contributed by atoms with E-state index in [-0.39, 0.29) is 21.2 Å². The first-order valence-electron chi connectivity index (χ1n) is 9.50. The molecule has 0 bridgehead atoms. The highest BCUT2D eigenvalue weighted by Gasteiger charge is 2.18. The van der Waals surface area contributed by atoms with Gasteiger partial charge >= 0.3 is 0 Å². The maximum atomic E-state index is 13.1. The number of halogens is 2. The van der Waals surface area contributed by atoms with Gasteiger partial charge in [0.05, 0.1) is 15.6 Å². The van der Waals surface area contributed by atoms with Gasteiger partial charge in [0.15, 0.2) is 0 Å². The third-order valence-corrected chi connectivity index (χ3v) is 6.89. The molecule has 0 fully saturated rings. The predicted molar refractivity (Wildman–Crippen MR) is 120 cm³/mol. The molecular formula is C20H20ClFN4O3S2. The summed E-state index contributed by atoms with van der Waals surface area (Å²) >= 11 is 7.40. The van der Waals surface area contributed by atoms with Gasteiger partial charge in [0, 0.05) is 12.0 Å². The van der Waals surface area contributed by atoms with Gasteiger partial charge in [-0.2, -0.15) is 0 Å². The molecule has 11 heteroatoms. The molecule has 1 aromatic heterocycles. The number of aryl methyl sites for hydroxylation is 1. The van der Waals surface area contributed by atoms with E-state index < -0.39 is 21.7 Å². The molecule has 0 saturated carbocycles. The summed E-state index contributed by atoms with van der Waals surface area (Å²) in [6.07, 6.45) is 4.01. The van der Waals surface area contributed by atoms with Crippen LogP contribution in [0.1, 0.15) is 41.6 Å². The van der Waals surface area contributed by atoms with Crippen LogP contribution in [0.15, 0.2) is 47.4 Å². The molecule has 0 atom stereocenters. The molecule has 7 nitrogen and oxygen atoms in total. The highest BCUT2D eigenvalue weighted by molar-refractivity contribution is 7.92. The number of aromatic nitrogens is 2. The second kappa shape index (κ2) is 10.2. The van der Waals surface area contributed by atoms with Crippen LogP contribution in [-0.4, -0.2) is 24.5 Å². The Morgan fingerprint density at radius 3 is 2.58 bits per heavy atom. The molecule has 0 saturated heterocycles. The highest BCUT2D eigenvalue weighted by Crippen LogP contribution is 2.27. The number of carbonyl (C=O) groups is 1. The van der Waals surface area contributed by atoms with Crippen molar-refractivity contribution in [1.29, 1.82) is 0 Å². The molecule has 2 N–H and O–H groups in total. The fourth-order valence-corrected chi connectivity index (χ4v) is 4.73. The zero-order chi connectivity index (χ0) is 22.4. The lowest BCUT2D eigenvalue weighted by Crippen LogP contribution is -2.15. The van der Waals surface area contributed by atoms with Crippen molar-refractivity contribution in [2.75, 3.05) is 10.0 Å². The number of unbranched alkanes of at least 4 members (excludes halogenated alkanes) is 2. The molecule has 0 unspecified atom stereocenters. The molecule has 0 radical (unpaired) electrons. The van der Waals surface area contributed by atoms with E-state index in [1.165, 1.54) is 29.5 Å². The standard InChI is InChI=1S/C20H20ClFN4O3S2/c1-2-3-4-5-18-24-25-20(30-18)23-19(27)13-6-11-16(21)17(12-13)26-31(28,29)15-9-7-14(22)8-10-15/h6-12,26H,2-5H2,1H3,(H,23,25,27). The van der Waals surface area contributed by atoms with Gasteiger partial charge in [-0.25, -0.2) is 12.8 Å². The second-order valence-electron chi connectivity index (χ2n) is 6.67. The Labute approximate surface area is 188 Å². The van der Waals surface area contributed by atoms with Crippen molar-refractivity contribution in [3.8, 4) is 0 Å². The van der Waals surface area contributed by atoms with Gasteiger partial charge in [-0.3, -0.25) is 14.8 Å². The lowest BCUT2D eigenvalue weighted by molar-refractivity contribution is 0.102. The van der Waals surface area contributed by atoms with E-state index in [0.717, 1.165) is 55.0 Å². The van der Waals surface area contributed by atoms with Crippen molar-refractivity contribution in [3.63, 3.8) is 0 Å². The molecule has 0 aliphatic heterocycles. The molecule has 0 aliphatic rings. The monoisotopic (exact) mass is 482 g/mol. The molecule has 164 valence electrons. The van der Waals surface area contributed by atoms with E-state index in [1.54, 1.807) is 0 Å². The zero-order valence-corrected chi connectivity index (χ0v) is 19.0. The van der Waals surface area contributed by atoms with E-state index in [9.17, 15) is 17.6 Å². The van der Waals surface area contributed by atoms with E-state index in [2.05, 4.69) is 27.2 Å². The van der Waals surface area contributed by atoms with Crippen LogP contribution >= 0.6 is 22.9 Å². The average molecular weight is 483 g/mol. The number of anilines is 2. The Balaban J connectivity index is 1.73. The van der Waals surface area contributed by atoms with Crippen LogP contribution in [0.4, 0.5) is 15.2 Å². The Morgan fingerprint density at radius 2 is 1.87 bits per heavy atom. The number of carbonyl (C=O) groups excluding carboxylic acids is 1. The number of benzene rings is 2. The van der Waals surface area contributed by atoms with Crippen molar-refractivity contribution in [2.24, 2.45) is 0 Å². The Bertz CT molecular complexity index is 1170. The average Bonchev–Trinajstić information content (AvgIpc) is 3.17. The molecule has 1 heterocycles. The summed E-state index contributed by atoms with van der Waals surface area (Å²) in [7, 11) is -4.01. The normalized spacial score (nSPS) is 11.3. The van der Waals surface area contributed by atoms with Gasteiger partial charge in [0.1, 0.15) is 10.8 Å². The third kappa shape index (κ3) is 6.22. The van der Waals surface area contributed by atoms with Crippen molar-refractivity contribution in [1.82, 2.24) is 10.2 Å². The van der Waals surface area contributed by atoms with E-state index in [1.807, 2.05) is 0 Å². The van der Waals surface area contributed by atoms with Gasteiger partial charge in [-0.05, 0) is 48.9 Å². The van der Waals surface area contributed by atoms with Gasteiger partial charge in [-0.15, -0.1) is 10.2 Å². The molecule has 0 aliphatic carbocycles. The zero-order valence-electron chi connectivity index (χ0n) is 16.6. The van der Waals surface area contributed by atoms with Crippen LogP contribution in [0.2, 0.25) is 5.02 Å². The van der Waals surface area contributed by atoms with Gasteiger partial charge < -0.3 is 0 Å². The molecule has 1 amide bonds. The van der Waals surface area contributed by atoms with Crippen molar-refractivity contribution in [3.05, 3.63) is 63.9 Å². The summed E-state index contributed by atoms with van der Waals surface area (Å²) in [5.41, 5.74) is 0.208. The summed E-state index contributed by atoms with van der Waals surface area (Å²) in [4.78, 5) is 12.5. The summed E-state index contributed by atoms with van der Waals surface area (Å²) in [6.45, 7) is 2.12. The molecule has 3 rings (SSSR count). The van der Waals surface area contributed by atoms with Gasteiger partial charge in [0.25, 0.3) is 15.9 Å². The number of hydrogen-bond donors (Lipinski definition) is 2. The van der Waals surface area contributed by atoms with Crippen molar-refractivity contribution >= 4 is 49.7 Å². The van der Waals surface area contributed by atoms with Crippen LogP contribution in [0.3, 0.4) is 0 Å². The van der Waals surface area contributed by atoms with Crippen LogP contribution in [0.25, 0.3) is 0 Å². The van der Waals surface area contributed by atoms with Gasteiger partial charge in [0.2, 0.25) is 5.13 Å². The van der Waals surface area contributed by atoms with E-state index in [4.69, 9.17) is 11.6 Å². The first-order valence-corrected chi connectivity index (χ1v) is 12.2. The Hall–Kier alpha value is -2.56. The second-order valence-corrected chi connectivity index (χ2v) is 9.82. The van der Waals surface area contributed by atoms with Crippen molar-refractivity contribution in [2.45, 2.75) is 37.5 Å². The number of sulfonamides is 1. The summed E-state index contributed by atoms with van der Waals surface area (Å²) in [5.74, 6) is -1.03. The topological polar surface area (TPSA) is 101 Å². The fraction of sp³-hybridized carbons (Fsp3) is 0.250. The number of hydrogen-bond acceptors (Lipinski definition) is 6. The van der Waals surface area contributed by atoms with Crippen molar-refractivity contribution < 1.29 is 17.6 Å². The molecule has 2 aromatic carbocycles. The van der Waals surface area contributed by atoms with E-state index in [0.29, 0.717) is 5.13 Å². The summed E-state index contributed by atoms with van der Waals surface area (Å²) in [6, 6.07) is 8.55. The quantitative estimate of drug-likeness (QED) is 0.412. The smallest absolute Gasteiger partial charge is 0.261 e. The number of nitrogens with one attached hydrogen (secondary N) is 2. The Kier molecular flexibility index (Phi) is 7.58. The first-order chi connectivity index (χ1) is 14.8. The first kappa shape index (κ1) is 23.1. The molecule has 31 heavy (non-hydrogen) atoms. The molecule has 0 spiro atoms. The van der Waals surface area contributed by atoms with Crippen LogP contribution in [0.5, 0.6) is 0 Å². The minimum absolute atomic E-state index is 0.0242. The van der Waals surface area contributed by atoms with Crippen LogP contribution in [0, 0.1) is 5.82 Å². The Morgan fingerprint density at radius 1 is 1.13 bits per heavy atom. The number of rotatable bonds is 9. The highest BCUT2D eigenvalue weighted by atomic mass is 35.5. The predicted octanol–water partition coefficient (Wildman–Crippen LogP) is 5.12. The van der Waals surface area contributed by atoms with E-state index >= 15 is 0 Å². The van der Waals surface area contributed by atoms with Crippen LogP contribution < -0.4 is 10.0 Å².